The van der Waals surface area contributed by atoms with E-state index in [4.69, 9.17) is 4.74 Å². The highest BCUT2D eigenvalue weighted by molar-refractivity contribution is 7.80. The summed E-state index contributed by atoms with van der Waals surface area (Å²) >= 11 is 4.44. The minimum Gasteiger partial charge on any atom is -0.379 e. The van der Waals surface area contributed by atoms with Crippen molar-refractivity contribution in [3.8, 4) is 0 Å². The van der Waals surface area contributed by atoms with Gasteiger partial charge in [0.2, 0.25) is 0 Å². The fourth-order valence-corrected chi connectivity index (χ4v) is 1.88. The second-order valence-electron chi connectivity index (χ2n) is 3.52. The first kappa shape index (κ1) is 10.0. The lowest BCUT2D eigenvalue weighted by Crippen LogP contribution is -2.35. The average molecular weight is 209 g/mol. The van der Waals surface area contributed by atoms with Gasteiger partial charge in [0.15, 0.2) is 0 Å². The van der Waals surface area contributed by atoms with Gasteiger partial charge in [0.25, 0.3) is 0 Å². The predicted molar refractivity (Wildman–Crippen MR) is 59.8 cm³/mol. The van der Waals surface area contributed by atoms with E-state index in [1.165, 1.54) is 5.56 Å². The van der Waals surface area contributed by atoms with Crippen LogP contribution in [0.3, 0.4) is 0 Å². The maximum absolute atomic E-state index is 5.31. The first-order valence-corrected chi connectivity index (χ1v) is 5.38. The molecule has 1 heterocycles. The highest BCUT2D eigenvalue weighted by Gasteiger charge is 2.11. The minimum atomic E-state index is 0.856. The van der Waals surface area contributed by atoms with Crippen LogP contribution in [0.2, 0.25) is 0 Å². The summed E-state index contributed by atoms with van der Waals surface area (Å²) in [6, 6.07) is 8.26. The van der Waals surface area contributed by atoms with Gasteiger partial charge < -0.3 is 4.74 Å². The van der Waals surface area contributed by atoms with Gasteiger partial charge in [-0.1, -0.05) is 18.2 Å². The Hall–Kier alpha value is -0.510. The molecule has 3 heteroatoms. The summed E-state index contributed by atoms with van der Waals surface area (Å²) < 4.78 is 5.31. The molecular formula is C11H15NOS. The Morgan fingerprint density at radius 2 is 1.93 bits per heavy atom. The smallest absolute Gasteiger partial charge is 0.0594 e. The maximum atomic E-state index is 5.31. The van der Waals surface area contributed by atoms with Crippen LogP contribution < -0.4 is 0 Å². The zero-order chi connectivity index (χ0) is 9.80. The number of rotatable bonds is 2. The molecule has 1 fully saturated rings. The Morgan fingerprint density at radius 3 is 2.64 bits per heavy atom. The van der Waals surface area contributed by atoms with E-state index in [1.54, 1.807) is 0 Å². The number of thiol groups is 1. The molecule has 1 aliphatic rings. The minimum absolute atomic E-state index is 0.856. The highest BCUT2D eigenvalue weighted by atomic mass is 32.1. The van der Waals surface area contributed by atoms with Crippen LogP contribution in [0.5, 0.6) is 0 Å². The summed E-state index contributed by atoms with van der Waals surface area (Å²) in [5, 5.41) is 0. The van der Waals surface area contributed by atoms with Crippen LogP contribution in [0.4, 0.5) is 0 Å². The zero-order valence-electron chi connectivity index (χ0n) is 8.15. The average Bonchev–Trinajstić information content (AvgIpc) is 2.23. The van der Waals surface area contributed by atoms with Gasteiger partial charge in [-0.15, -0.1) is 12.6 Å². The fraction of sp³-hybridized carbons (Fsp3) is 0.455. The summed E-state index contributed by atoms with van der Waals surface area (Å²) in [6.45, 7) is 4.76. The Balaban J connectivity index is 1.99. The highest BCUT2D eigenvalue weighted by Crippen LogP contribution is 2.15. The van der Waals surface area contributed by atoms with Gasteiger partial charge in [0, 0.05) is 24.5 Å². The lowest BCUT2D eigenvalue weighted by atomic mass is 10.2. The third-order valence-corrected chi connectivity index (χ3v) is 2.93. The fourth-order valence-electron chi connectivity index (χ4n) is 1.64. The largest absolute Gasteiger partial charge is 0.379 e. The molecule has 0 aromatic heterocycles. The number of ether oxygens (including phenoxy) is 1. The molecule has 0 amide bonds. The van der Waals surface area contributed by atoms with Gasteiger partial charge in [-0.05, 0) is 11.6 Å². The molecule has 1 aromatic rings. The van der Waals surface area contributed by atoms with Crippen molar-refractivity contribution in [2.45, 2.75) is 11.4 Å². The molecule has 2 nitrogen and oxygen atoms in total. The van der Waals surface area contributed by atoms with Crippen LogP contribution in [-0.2, 0) is 11.3 Å². The van der Waals surface area contributed by atoms with E-state index < -0.39 is 0 Å². The van der Waals surface area contributed by atoms with Crippen LogP contribution >= 0.6 is 12.6 Å². The van der Waals surface area contributed by atoms with E-state index in [9.17, 15) is 0 Å². The first-order valence-electron chi connectivity index (χ1n) is 4.93. The summed E-state index contributed by atoms with van der Waals surface area (Å²) in [5.41, 5.74) is 1.30. The van der Waals surface area contributed by atoms with Crippen molar-refractivity contribution in [3.05, 3.63) is 29.8 Å². The third kappa shape index (κ3) is 2.50. The molecular weight excluding hydrogens is 194 g/mol. The van der Waals surface area contributed by atoms with Crippen molar-refractivity contribution in [2.24, 2.45) is 0 Å². The number of benzene rings is 1. The normalized spacial score (nSPS) is 18.4. The maximum Gasteiger partial charge on any atom is 0.0594 e. The van der Waals surface area contributed by atoms with Gasteiger partial charge >= 0.3 is 0 Å². The van der Waals surface area contributed by atoms with Crippen LogP contribution in [0.1, 0.15) is 5.56 Å². The van der Waals surface area contributed by atoms with Crippen molar-refractivity contribution >= 4 is 12.6 Å². The van der Waals surface area contributed by atoms with E-state index in [1.807, 2.05) is 12.1 Å². The molecule has 0 saturated carbocycles. The molecule has 0 radical (unpaired) electrons. The van der Waals surface area contributed by atoms with Crippen molar-refractivity contribution in [3.63, 3.8) is 0 Å². The number of morpholine rings is 1. The lowest BCUT2D eigenvalue weighted by molar-refractivity contribution is 0.0339. The van der Waals surface area contributed by atoms with Crippen LogP contribution in [0.25, 0.3) is 0 Å². The molecule has 2 rings (SSSR count). The monoisotopic (exact) mass is 209 g/mol. The Bertz CT molecular complexity index is 297. The summed E-state index contributed by atoms with van der Waals surface area (Å²) in [4.78, 5) is 3.48. The topological polar surface area (TPSA) is 12.5 Å². The van der Waals surface area contributed by atoms with E-state index in [0.29, 0.717) is 0 Å². The van der Waals surface area contributed by atoms with Gasteiger partial charge in [0.1, 0.15) is 0 Å². The first-order chi connectivity index (χ1) is 6.86. The zero-order valence-corrected chi connectivity index (χ0v) is 9.04. The van der Waals surface area contributed by atoms with Gasteiger partial charge in [0.05, 0.1) is 13.2 Å². The summed E-state index contributed by atoms with van der Waals surface area (Å²) in [5.74, 6) is 0. The Morgan fingerprint density at radius 1 is 1.21 bits per heavy atom. The number of hydrogen-bond acceptors (Lipinski definition) is 3. The Labute approximate surface area is 90.3 Å². The van der Waals surface area contributed by atoms with Gasteiger partial charge in [-0.3, -0.25) is 4.90 Å². The van der Waals surface area contributed by atoms with Crippen molar-refractivity contribution in [1.82, 2.24) is 4.90 Å². The van der Waals surface area contributed by atoms with Gasteiger partial charge in [-0.2, -0.15) is 0 Å². The second kappa shape index (κ2) is 4.82. The summed E-state index contributed by atoms with van der Waals surface area (Å²) in [6.07, 6.45) is 0. The molecule has 1 aliphatic heterocycles. The number of hydrogen-bond donors (Lipinski definition) is 1. The van der Waals surface area contributed by atoms with Crippen molar-refractivity contribution < 1.29 is 4.74 Å². The van der Waals surface area contributed by atoms with E-state index >= 15 is 0 Å². The molecule has 0 unspecified atom stereocenters. The quantitative estimate of drug-likeness (QED) is 0.746. The van der Waals surface area contributed by atoms with Crippen molar-refractivity contribution in [1.29, 1.82) is 0 Å². The summed E-state index contributed by atoms with van der Waals surface area (Å²) in [7, 11) is 0. The van der Waals surface area contributed by atoms with Crippen LogP contribution in [0.15, 0.2) is 29.2 Å². The molecule has 0 N–H and O–H groups in total. The van der Waals surface area contributed by atoms with E-state index in [2.05, 4.69) is 29.7 Å². The molecule has 76 valence electrons. The van der Waals surface area contributed by atoms with Crippen molar-refractivity contribution in [2.75, 3.05) is 26.3 Å². The Kier molecular flexibility index (Phi) is 3.45. The standard InChI is InChI=1S/C11H15NOS/c14-11-4-2-1-3-10(11)9-12-5-7-13-8-6-12/h1-4,14H,5-9H2. The molecule has 0 bridgehead atoms. The molecule has 0 spiro atoms. The SMILES string of the molecule is Sc1ccccc1CN1CCOCC1. The molecule has 1 saturated heterocycles. The van der Waals surface area contributed by atoms with Gasteiger partial charge in [-0.25, -0.2) is 0 Å². The molecule has 0 atom stereocenters. The second-order valence-corrected chi connectivity index (χ2v) is 4.00. The predicted octanol–water partition coefficient (Wildman–Crippen LogP) is 1.81. The molecule has 14 heavy (non-hydrogen) atoms. The van der Waals surface area contributed by atoms with Crippen LogP contribution in [0, 0.1) is 0 Å². The molecule has 0 aliphatic carbocycles. The lowest BCUT2D eigenvalue weighted by Gasteiger charge is -2.26. The number of nitrogens with zero attached hydrogens (tertiary/aromatic N) is 1. The van der Waals surface area contributed by atoms with Crippen LogP contribution in [-0.4, -0.2) is 31.2 Å². The van der Waals surface area contributed by atoms with E-state index in [0.717, 1.165) is 37.7 Å². The van der Waals surface area contributed by atoms with E-state index in [-0.39, 0.29) is 0 Å². The third-order valence-electron chi connectivity index (χ3n) is 2.49. The molecule has 1 aromatic carbocycles.